The number of halogens is 6. The third kappa shape index (κ3) is 10.2. The summed E-state index contributed by atoms with van der Waals surface area (Å²) >= 11 is 0. The second-order valence-corrected chi connectivity index (χ2v) is 9.62. The monoisotopic (exact) mass is 645 g/mol. The number of benzene rings is 2. The van der Waals surface area contributed by atoms with E-state index in [1.807, 2.05) is 4.90 Å². The molecule has 244 valence electrons. The number of aliphatic carboxylic acids is 1. The number of nitrogens with zero attached hydrogens (tertiary/aromatic N) is 3. The molecule has 2 heterocycles. The lowest BCUT2D eigenvalue weighted by atomic mass is 10.0. The molecule has 1 aliphatic rings. The summed E-state index contributed by atoms with van der Waals surface area (Å²) in [6.45, 7) is 6.15. The zero-order valence-corrected chi connectivity index (χ0v) is 24.0. The number of carbonyl (C=O) groups is 3. The molecule has 0 bridgehead atoms. The van der Waals surface area contributed by atoms with Crippen molar-refractivity contribution < 1.29 is 55.1 Å². The van der Waals surface area contributed by atoms with Gasteiger partial charge >= 0.3 is 18.3 Å². The highest BCUT2D eigenvalue weighted by Gasteiger charge is 2.38. The molecule has 2 aromatic carbocycles. The summed E-state index contributed by atoms with van der Waals surface area (Å²) in [5.41, 5.74) is -0.343. The van der Waals surface area contributed by atoms with E-state index in [0.29, 0.717) is 13.1 Å². The molecular formula is C28H29F6N5O6. The molecule has 3 aromatic rings. The molecule has 1 saturated heterocycles. The third-order valence-electron chi connectivity index (χ3n) is 6.55. The molecule has 17 heteroatoms. The SMILES string of the molecule is CCN1CCN(Cc2ccc(NC(=O)c3cc(NC(=O)c4ccno4)cc(OC)c3)cc2C(F)(F)F)CC1.O=C(O)C(F)(F)F. The van der Waals surface area contributed by atoms with E-state index >= 15 is 0 Å². The highest BCUT2D eigenvalue weighted by molar-refractivity contribution is 6.07. The number of amides is 2. The molecule has 0 spiro atoms. The highest BCUT2D eigenvalue weighted by Crippen LogP contribution is 2.35. The number of likely N-dealkylation sites (N-methyl/N-ethyl adjacent to an activating group) is 1. The fourth-order valence-electron chi connectivity index (χ4n) is 4.21. The molecule has 1 aromatic heterocycles. The maximum Gasteiger partial charge on any atom is 0.490 e. The fourth-order valence-corrected chi connectivity index (χ4v) is 4.21. The van der Waals surface area contributed by atoms with Crippen molar-refractivity contribution in [1.29, 1.82) is 0 Å². The van der Waals surface area contributed by atoms with Gasteiger partial charge in [-0.3, -0.25) is 14.5 Å². The van der Waals surface area contributed by atoms with Crippen molar-refractivity contribution in [1.82, 2.24) is 15.0 Å². The van der Waals surface area contributed by atoms with Crippen molar-refractivity contribution >= 4 is 29.2 Å². The van der Waals surface area contributed by atoms with E-state index < -0.39 is 35.7 Å². The number of hydrogen-bond acceptors (Lipinski definition) is 8. The zero-order valence-electron chi connectivity index (χ0n) is 24.0. The number of anilines is 2. The van der Waals surface area contributed by atoms with Gasteiger partial charge in [-0.1, -0.05) is 18.1 Å². The summed E-state index contributed by atoms with van der Waals surface area (Å²) < 4.78 is 83.6. The summed E-state index contributed by atoms with van der Waals surface area (Å²) in [6, 6.07) is 9.45. The van der Waals surface area contributed by atoms with Crippen LogP contribution < -0.4 is 15.4 Å². The van der Waals surface area contributed by atoms with Crippen LogP contribution in [0.1, 0.15) is 39.0 Å². The number of rotatable bonds is 8. The minimum absolute atomic E-state index is 0.00283. The van der Waals surface area contributed by atoms with Gasteiger partial charge in [0.1, 0.15) is 5.75 Å². The van der Waals surface area contributed by atoms with E-state index in [9.17, 15) is 35.9 Å². The maximum atomic E-state index is 13.9. The number of hydrogen-bond donors (Lipinski definition) is 3. The Morgan fingerprint density at radius 2 is 1.53 bits per heavy atom. The Kier molecular flexibility index (Phi) is 11.5. The van der Waals surface area contributed by atoms with Gasteiger partial charge < -0.3 is 29.9 Å². The van der Waals surface area contributed by atoms with Gasteiger partial charge in [-0.25, -0.2) is 4.79 Å². The predicted molar refractivity (Wildman–Crippen MR) is 148 cm³/mol. The largest absolute Gasteiger partial charge is 0.497 e. The van der Waals surface area contributed by atoms with E-state index in [4.69, 9.17) is 19.2 Å². The molecule has 0 radical (unpaired) electrons. The number of carbonyl (C=O) groups excluding carboxylic acids is 2. The number of carboxylic acids is 1. The van der Waals surface area contributed by atoms with Crippen LogP contribution in [-0.2, 0) is 17.5 Å². The molecule has 1 fully saturated rings. The van der Waals surface area contributed by atoms with E-state index in [1.165, 1.54) is 49.7 Å². The van der Waals surface area contributed by atoms with Gasteiger partial charge in [0.05, 0.1) is 18.9 Å². The Labute approximate surface area is 252 Å². The number of carboxylic acid groups (broad SMARTS) is 1. The number of alkyl halides is 6. The van der Waals surface area contributed by atoms with Crippen molar-refractivity contribution in [3.05, 3.63) is 71.1 Å². The van der Waals surface area contributed by atoms with Crippen molar-refractivity contribution in [2.75, 3.05) is 50.5 Å². The predicted octanol–water partition coefficient (Wildman–Crippen LogP) is 4.98. The first-order valence-electron chi connectivity index (χ1n) is 13.3. The Morgan fingerprint density at radius 1 is 0.911 bits per heavy atom. The number of nitrogens with one attached hydrogen (secondary N) is 2. The van der Waals surface area contributed by atoms with Crippen molar-refractivity contribution in [2.24, 2.45) is 0 Å². The van der Waals surface area contributed by atoms with Gasteiger partial charge in [0, 0.05) is 61.8 Å². The van der Waals surface area contributed by atoms with Crippen LogP contribution in [-0.4, -0.2) is 83.9 Å². The lowest BCUT2D eigenvalue weighted by molar-refractivity contribution is -0.192. The van der Waals surface area contributed by atoms with E-state index in [0.717, 1.165) is 25.7 Å². The number of methoxy groups -OCH3 is 1. The minimum atomic E-state index is -5.08. The number of ether oxygens (including phenoxy) is 1. The van der Waals surface area contributed by atoms with E-state index in [2.05, 4.69) is 27.6 Å². The van der Waals surface area contributed by atoms with Crippen LogP contribution in [0.25, 0.3) is 0 Å². The van der Waals surface area contributed by atoms with Crippen LogP contribution in [0.4, 0.5) is 37.7 Å². The Morgan fingerprint density at radius 3 is 2.07 bits per heavy atom. The summed E-state index contributed by atoms with van der Waals surface area (Å²) in [5.74, 6) is -3.79. The Bertz CT molecular complexity index is 1470. The lowest BCUT2D eigenvalue weighted by Crippen LogP contribution is -2.45. The second kappa shape index (κ2) is 14.9. The molecule has 1 aliphatic heterocycles. The smallest absolute Gasteiger partial charge is 0.490 e. The minimum Gasteiger partial charge on any atom is -0.497 e. The van der Waals surface area contributed by atoms with Gasteiger partial charge in [-0.05, 0) is 36.4 Å². The van der Waals surface area contributed by atoms with Gasteiger partial charge in [0.2, 0.25) is 5.76 Å². The van der Waals surface area contributed by atoms with Crippen molar-refractivity contribution in [2.45, 2.75) is 25.8 Å². The number of aromatic nitrogens is 1. The average molecular weight is 646 g/mol. The van der Waals surface area contributed by atoms with Crippen molar-refractivity contribution in [3.8, 4) is 5.75 Å². The first-order chi connectivity index (χ1) is 21.1. The maximum absolute atomic E-state index is 13.9. The molecule has 0 saturated carbocycles. The van der Waals surface area contributed by atoms with Crippen LogP contribution in [0.5, 0.6) is 5.75 Å². The van der Waals surface area contributed by atoms with Gasteiger partial charge in [0.25, 0.3) is 11.8 Å². The topological polar surface area (TPSA) is 137 Å². The van der Waals surface area contributed by atoms with Gasteiger partial charge in [0.15, 0.2) is 0 Å². The molecule has 4 rings (SSSR count). The van der Waals surface area contributed by atoms with Gasteiger partial charge in [-0.15, -0.1) is 0 Å². The van der Waals surface area contributed by atoms with Crippen LogP contribution in [0.3, 0.4) is 0 Å². The first-order valence-corrected chi connectivity index (χ1v) is 13.3. The molecule has 11 nitrogen and oxygen atoms in total. The normalized spacial score (nSPS) is 14.2. The van der Waals surface area contributed by atoms with Crippen LogP contribution in [0.2, 0.25) is 0 Å². The highest BCUT2D eigenvalue weighted by atomic mass is 19.4. The quantitative estimate of drug-likeness (QED) is 0.290. The summed E-state index contributed by atoms with van der Waals surface area (Å²) in [6.07, 6.45) is -8.36. The lowest BCUT2D eigenvalue weighted by Gasteiger charge is -2.34. The Balaban J connectivity index is 0.000000707. The van der Waals surface area contributed by atoms with E-state index in [1.54, 1.807) is 0 Å². The molecule has 45 heavy (non-hydrogen) atoms. The fraction of sp³-hybridized carbons (Fsp3) is 0.357. The van der Waals surface area contributed by atoms with Crippen LogP contribution in [0, 0.1) is 0 Å². The summed E-state index contributed by atoms with van der Waals surface area (Å²) in [4.78, 5) is 38.4. The molecule has 0 aliphatic carbocycles. The van der Waals surface area contributed by atoms with E-state index in [-0.39, 0.29) is 40.6 Å². The third-order valence-corrected chi connectivity index (χ3v) is 6.55. The van der Waals surface area contributed by atoms with Crippen LogP contribution in [0.15, 0.2) is 53.2 Å². The Hall–Kier alpha value is -4.64. The average Bonchev–Trinajstić information content (AvgIpc) is 3.53. The van der Waals surface area contributed by atoms with Crippen molar-refractivity contribution in [3.63, 3.8) is 0 Å². The van der Waals surface area contributed by atoms with Gasteiger partial charge in [-0.2, -0.15) is 26.3 Å². The number of piperazine rings is 1. The second-order valence-electron chi connectivity index (χ2n) is 9.62. The standard InChI is InChI=1S/C26H28F3N5O4.C2HF3O2/c1-3-33-8-10-34(11-9-33)16-17-4-5-19(15-22(17)26(27,28)29)31-24(35)18-12-20(14-21(13-18)37-2)32-25(36)23-6-7-30-38-23;3-2(4,5)1(6)7/h4-7,12-15H,3,8-11,16H2,1-2H3,(H,31,35)(H,32,36);(H,6,7). The molecule has 0 atom stereocenters. The molecule has 3 N–H and O–H groups in total. The summed E-state index contributed by atoms with van der Waals surface area (Å²) in [5, 5.41) is 15.7. The summed E-state index contributed by atoms with van der Waals surface area (Å²) in [7, 11) is 1.38. The first kappa shape index (κ1) is 34.8. The molecule has 0 unspecified atom stereocenters. The molecule has 2 amide bonds. The zero-order chi connectivity index (χ0) is 33.4. The molecular weight excluding hydrogens is 616 g/mol. The van der Waals surface area contributed by atoms with Crippen LogP contribution >= 0.6 is 0 Å².